The lowest BCUT2D eigenvalue weighted by Gasteiger charge is -2.19. The molecular weight excluding hydrogens is 364 g/mol. The SMILES string of the molecule is CC(NC(=O)c1ccc(C=C2Oc3ccccc3NC2=O)cc1)c1ccccc1. The minimum absolute atomic E-state index is 0.0927. The number of hydrogen-bond acceptors (Lipinski definition) is 3. The summed E-state index contributed by atoms with van der Waals surface area (Å²) < 4.78 is 5.70. The van der Waals surface area contributed by atoms with E-state index >= 15 is 0 Å². The molecule has 3 aromatic carbocycles. The van der Waals surface area contributed by atoms with E-state index in [0.29, 0.717) is 17.0 Å². The topological polar surface area (TPSA) is 67.4 Å². The van der Waals surface area contributed by atoms with Crippen LogP contribution < -0.4 is 15.4 Å². The van der Waals surface area contributed by atoms with Crippen molar-refractivity contribution in [3.63, 3.8) is 0 Å². The summed E-state index contributed by atoms with van der Waals surface area (Å²) in [4.78, 5) is 24.7. The second-order valence-corrected chi connectivity index (χ2v) is 6.79. The monoisotopic (exact) mass is 384 g/mol. The molecular formula is C24H20N2O3. The summed E-state index contributed by atoms with van der Waals surface area (Å²) >= 11 is 0. The van der Waals surface area contributed by atoms with Gasteiger partial charge in [0.15, 0.2) is 11.5 Å². The molecule has 0 aromatic heterocycles. The van der Waals surface area contributed by atoms with Gasteiger partial charge in [-0.2, -0.15) is 0 Å². The number of benzene rings is 3. The Morgan fingerprint density at radius 3 is 2.41 bits per heavy atom. The van der Waals surface area contributed by atoms with Crippen molar-refractivity contribution in [1.82, 2.24) is 5.32 Å². The average molecular weight is 384 g/mol. The Kier molecular flexibility index (Phi) is 5.12. The van der Waals surface area contributed by atoms with Crippen LogP contribution in [0.2, 0.25) is 0 Å². The Morgan fingerprint density at radius 1 is 0.966 bits per heavy atom. The Bertz CT molecular complexity index is 1070. The zero-order valence-electron chi connectivity index (χ0n) is 15.9. The molecule has 1 heterocycles. The summed E-state index contributed by atoms with van der Waals surface area (Å²) in [6, 6.07) is 24.0. The Labute approximate surface area is 169 Å². The molecule has 4 rings (SSSR count). The van der Waals surface area contributed by atoms with Crippen LogP contribution in [0.25, 0.3) is 6.08 Å². The van der Waals surface area contributed by atoms with Crippen molar-refractivity contribution in [2.75, 3.05) is 5.32 Å². The number of rotatable bonds is 4. The molecule has 2 amide bonds. The van der Waals surface area contributed by atoms with Crippen LogP contribution >= 0.6 is 0 Å². The Balaban J connectivity index is 1.46. The standard InChI is InChI=1S/C24H20N2O3/c1-16(18-7-3-2-4-8-18)25-23(27)19-13-11-17(12-14-19)15-22-24(28)26-20-9-5-6-10-21(20)29-22/h2-16H,1H3,(H,25,27)(H,26,28). The lowest BCUT2D eigenvalue weighted by molar-refractivity contribution is -0.115. The van der Waals surface area contributed by atoms with Crippen molar-refractivity contribution in [2.45, 2.75) is 13.0 Å². The zero-order chi connectivity index (χ0) is 20.2. The number of fused-ring (bicyclic) bond motifs is 1. The van der Waals surface area contributed by atoms with Gasteiger partial charge in [-0.05, 0) is 48.4 Å². The normalized spacial score (nSPS) is 15.1. The quantitative estimate of drug-likeness (QED) is 0.649. The van der Waals surface area contributed by atoms with E-state index in [4.69, 9.17) is 4.74 Å². The van der Waals surface area contributed by atoms with Crippen LogP contribution in [0, 0.1) is 0 Å². The first-order chi connectivity index (χ1) is 14.1. The van der Waals surface area contributed by atoms with Gasteiger partial charge in [-0.15, -0.1) is 0 Å². The van der Waals surface area contributed by atoms with E-state index in [9.17, 15) is 9.59 Å². The third-order valence-electron chi connectivity index (χ3n) is 4.70. The molecule has 0 bridgehead atoms. The zero-order valence-corrected chi connectivity index (χ0v) is 15.9. The van der Waals surface area contributed by atoms with Crippen LogP contribution in [-0.2, 0) is 4.79 Å². The lowest BCUT2D eigenvalue weighted by atomic mass is 10.1. The highest BCUT2D eigenvalue weighted by molar-refractivity contribution is 6.08. The van der Waals surface area contributed by atoms with Crippen molar-refractivity contribution in [2.24, 2.45) is 0 Å². The number of amides is 2. The number of hydrogen-bond donors (Lipinski definition) is 2. The van der Waals surface area contributed by atoms with Gasteiger partial charge < -0.3 is 15.4 Å². The van der Waals surface area contributed by atoms with Crippen LogP contribution in [0.15, 0.2) is 84.6 Å². The predicted molar refractivity (Wildman–Crippen MR) is 112 cm³/mol. The van der Waals surface area contributed by atoms with E-state index < -0.39 is 0 Å². The van der Waals surface area contributed by atoms with Gasteiger partial charge in [0.05, 0.1) is 11.7 Å². The third kappa shape index (κ3) is 4.19. The maximum Gasteiger partial charge on any atom is 0.291 e. The Hall–Kier alpha value is -3.86. The highest BCUT2D eigenvalue weighted by atomic mass is 16.5. The van der Waals surface area contributed by atoms with E-state index in [1.807, 2.05) is 49.4 Å². The summed E-state index contributed by atoms with van der Waals surface area (Å²) in [7, 11) is 0. The molecule has 1 unspecified atom stereocenters. The van der Waals surface area contributed by atoms with E-state index in [-0.39, 0.29) is 23.6 Å². The summed E-state index contributed by atoms with van der Waals surface area (Å²) in [6.45, 7) is 1.95. The van der Waals surface area contributed by atoms with Gasteiger partial charge >= 0.3 is 0 Å². The first-order valence-electron chi connectivity index (χ1n) is 9.36. The molecule has 1 atom stereocenters. The number of para-hydroxylation sites is 2. The maximum absolute atomic E-state index is 12.5. The smallest absolute Gasteiger partial charge is 0.291 e. The number of nitrogens with one attached hydrogen (secondary N) is 2. The molecule has 0 aliphatic carbocycles. The minimum Gasteiger partial charge on any atom is -0.449 e. The first-order valence-corrected chi connectivity index (χ1v) is 9.36. The fourth-order valence-electron chi connectivity index (χ4n) is 3.09. The number of carbonyl (C=O) groups is 2. The van der Waals surface area contributed by atoms with E-state index in [1.54, 1.807) is 42.5 Å². The van der Waals surface area contributed by atoms with Crippen molar-refractivity contribution in [3.8, 4) is 5.75 Å². The molecule has 3 aromatic rings. The highest BCUT2D eigenvalue weighted by Gasteiger charge is 2.21. The molecule has 0 radical (unpaired) electrons. The van der Waals surface area contributed by atoms with Crippen LogP contribution in [0.4, 0.5) is 5.69 Å². The van der Waals surface area contributed by atoms with Crippen LogP contribution in [0.3, 0.4) is 0 Å². The van der Waals surface area contributed by atoms with Crippen molar-refractivity contribution in [1.29, 1.82) is 0 Å². The summed E-state index contributed by atoms with van der Waals surface area (Å²) in [5.74, 6) is 0.353. The van der Waals surface area contributed by atoms with Gasteiger partial charge in [-0.1, -0.05) is 54.6 Å². The molecule has 0 spiro atoms. The van der Waals surface area contributed by atoms with Crippen molar-refractivity contribution < 1.29 is 14.3 Å². The molecule has 1 aliphatic heterocycles. The average Bonchev–Trinajstić information content (AvgIpc) is 2.75. The van der Waals surface area contributed by atoms with E-state index in [1.165, 1.54) is 0 Å². The molecule has 1 aliphatic rings. The van der Waals surface area contributed by atoms with Crippen molar-refractivity contribution in [3.05, 3.63) is 101 Å². The van der Waals surface area contributed by atoms with Gasteiger partial charge in [0.1, 0.15) is 0 Å². The first kappa shape index (κ1) is 18.5. The molecule has 0 saturated heterocycles. The van der Waals surface area contributed by atoms with Gasteiger partial charge in [-0.3, -0.25) is 9.59 Å². The van der Waals surface area contributed by atoms with E-state index in [0.717, 1.165) is 11.1 Å². The second-order valence-electron chi connectivity index (χ2n) is 6.79. The van der Waals surface area contributed by atoms with Gasteiger partial charge in [0, 0.05) is 5.56 Å². The second kappa shape index (κ2) is 8.02. The molecule has 2 N–H and O–H groups in total. The summed E-state index contributed by atoms with van der Waals surface area (Å²) in [5, 5.41) is 5.79. The highest BCUT2D eigenvalue weighted by Crippen LogP contribution is 2.30. The molecule has 0 saturated carbocycles. The van der Waals surface area contributed by atoms with E-state index in [2.05, 4.69) is 10.6 Å². The Morgan fingerprint density at radius 2 is 1.66 bits per heavy atom. The fraction of sp³-hybridized carbons (Fsp3) is 0.0833. The molecule has 5 heteroatoms. The molecule has 5 nitrogen and oxygen atoms in total. The molecule has 144 valence electrons. The number of ether oxygens (including phenoxy) is 1. The van der Waals surface area contributed by atoms with Crippen LogP contribution in [0.1, 0.15) is 34.5 Å². The van der Waals surface area contributed by atoms with Crippen LogP contribution in [0.5, 0.6) is 5.75 Å². The van der Waals surface area contributed by atoms with Gasteiger partial charge in [0.25, 0.3) is 11.8 Å². The van der Waals surface area contributed by atoms with Gasteiger partial charge in [-0.25, -0.2) is 0 Å². The number of anilines is 1. The molecule has 0 fully saturated rings. The largest absolute Gasteiger partial charge is 0.449 e. The molecule has 29 heavy (non-hydrogen) atoms. The van der Waals surface area contributed by atoms with Gasteiger partial charge in [0.2, 0.25) is 0 Å². The number of carbonyl (C=O) groups excluding carboxylic acids is 2. The predicted octanol–water partition coefficient (Wildman–Crippen LogP) is 4.55. The van der Waals surface area contributed by atoms with Crippen molar-refractivity contribution >= 4 is 23.6 Å². The maximum atomic E-state index is 12.5. The lowest BCUT2D eigenvalue weighted by Crippen LogP contribution is -2.26. The fourth-order valence-corrected chi connectivity index (χ4v) is 3.09. The third-order valence-corrected chi connectivity index (χ3v) is 4.70. The minimum atomic E-state index is -0.304. The summed E-state index contributed by atoms with van der Waals surface area (Å²) in [6.07, 6.45) is 1.65. The summed E-state index contributed by atoms with van der Waals surface area (Å²) in [5.41, 5.74) is 3.01. The van der Waals surface area contributed by atoms with Crippen LogP contribution in [-0.4, -0.2) is 11.8 Å².